The first-order valence-corrected chi connectivity index (χ1v) is 21.6. The van der Waals surface area contributed by atoms with Crippen molar-refractivity contribution in [2.24, 2.45) is 22.7 Å². The number of ketones is 1. The van der Waals surface area contributed by atoms with Crippen LogP contribution in [0.3, 0.4) is 0 Å². The molecular formula is C39H65N5O7S. The summed E-state index contributed by atoms with van der Waals surface area (Å²) < 4.78 is 26.0. The van der Waals surface area contributed by atoms with E-state index >= 15 is 0 Å². The van der Waals surface area contributed by atoms with E-state index in [2.05, 4.69) is 49.0 Å². The Bertz CT molecular complexity index is 1490. The Morgan fingerprint density at radius 1 is 0.827 bits per heavy atom. The second-order valence-electron chi connectivity index (χ2n) is 19.1. The highest BCUT2D eigenvalue weighted by Crippen LogP contribution is 2.65. The maximum atomic E-state index is 14.5. The number of amides is 5. The Labute approximate surface area is 311 Å². The van der Waals surface area contributed by atoms with Crippen LogP contribution in [0.5, 0.6) is 0 Å². The number of Topliss-reactive ketones (excluding diaryl/α,β-unsaturated/α-hetero) is 1. The number of urea groups is 1. The molecule has 294 valence electrons. The van der Waals surface area contributed by atoms with E-state index in [4.69, 9.17) is 0 Å². The molecule has 5 rings (SSSR count). The first-order chi connectivity index (χ1) is 24.2. The van der Waals surface area contributed by atoms with E-state index in [0.717, 1.165) is 57.8 Å². The molecule has 0 spiro atoms. The number of hydrogen-bond acceptors (Lipinski definition) is 7. The number of piperidine rings is 1. The number of fused-ring (bicyclic) bond motifs is 3. The molecule has 5 fully saturated rings. The molecule has 52 heavy (non-hydrogen) atoms. The summed E-state index contributed by atoms with van der Waals surface area (Å²) in [5.74, 6) is -2.30. The van der Waals surface area contributed by atoms with E-state index in [9.17, 15) is 32.4 Å². The number of sulfone groups is 1. The molecule has 5 atom stereocenters. The number of carbonyl (C=O) groups is 5. The molecule has 0 aromatic rings. The van der Waals surface area contributed by atoms with Crippen LogP contribution in [0.15, 0.2) is 0 Å². The van der Waals surface area contributed by atoms with Gasteiger partial charge in [-0.2, -0.15) is 0 Å². The summed E-state index contributed by atoms with van der Waals surface area (Å²) in [6.07, 6.45) is 11.0. The standard InChI is InChI=1S/C39H65N5O7S/c1-36(2,3)52(50,51)24-39(21-19-37(4,5)20-22-39)43-35(49)42-28-16-14-12-10-8-9-11-13-15-27(31(45)33(47)40-25-17-18-25)41-32(46)30-29-26(38(29,6)7)23-44(30)34(28)48/h25-30H,8-24H2,1-7H3,(H,40,47)(H,41,46)(H2,42,43,49). The molecule has 12 nitrogen and oxygen atoms in total. The number of nitrogens with one attached hydrogen (secondary N) is 4. The Hall–Kier alpha value is -2.70. The maximum Gasteiger partial charge on any atom is 0.315 e. The molecular weight excluding hydrogens is 683 g/mol. The van der Waals surface area contributed by atoms with E-state index in [-0.39, 0.29) is 40.4 Å². The zero-order chi connectivity index (χ0) is 38.3. The lowest BCUT2D eigenvalue weighted by Crippen LogP contribution is -2.62. The van der Waals surface area contributed by atoms with Gasteiger partial charge < -0.3 is 26.2 Å². The fraction of sp³-hybridized carbons (Fsp3) is 0.872. The van der Waals surface area contributed by atoms with Crippen molar-refractivity contribution in [3.05, 3.63) is 0 Å². The first kappa shape index (κ1) is 40.5. The van der Waals surface area contributed by atoms with Crippen molar-refractivity contribution in [2.45, 2.75) is 179 Å². The quantitative estimate of drug-likeness (QED) is 0.277. The summed E-state index contributed by atoms with van der Waals surface area (Å²) in [6, 6.07) is -3.29. The van der Waals surface area contributed by atoms with Crippen LogP contribution in [0.2, 0.25) is 0 Å². The predicted octanol–water partition coefficient (Wildman–Crippen LogP) is 4.55. The molecule has 2 aliphatic heterocycles. The molecule has 3 aliphatic carbocycles. The van der Waals surface area contributed by atoms with Crippen LogP contribution >= 0.6 is 0 Å². The third kappa shape index (κ3) is 9.32. The molecule has 0 aromatic carbocycles. The van der Waals surface area contributed by atoms with E-state index in [0.29, 0.717) is 45.1 Å². The fourth-order valence-corrected chi connectivity index (χ4v) is 10.3. The van der Waals surface area contributed by atoms with Gasteiger partial charge in [0.2, 0.25) is 17.6 Å². The van der Waals surface area contributed by atoms with Gasteiger partial charge in [0.25, 0.3) is 5.91 Å². The van der Waals surface area contributed by atoms with E-state index < -0.39 is 61.9 Å². The Morgan fingerprint density at radius 3 is 1.98 bits per heavy atom. The molecule has 4 N–H and O–H groups in total. The zero-order valence-corrected chi connectivity index (χ0v) is 33.5. The van der Waals surface area contributed by atoms with Crippen LogP contribution in [0.1, 0.15) is 145 Å². The minimum Gasteiger partial charge on any atom is -0.347 e. The number of carbonyl (C=O) groups excluding carboxylic acids is 5. The van der Waals surface area contributed by atoms with Crippen molar-refractivity contribution in [2.75, 3.05) is 12.3 Å². The average molecular weight is 748 g/mol. The molecule has 0 bridgehead atoms. The Morgan fingerprint density at radius 2 is 1.40 bits per heavy atom. The van der Waals surface area contributed by atoms with Gasteiger partial charge in [0, 0.05) is 12.6 Å². The smallest absolute Gasteiger partial charge is 0.315 e. The lowest BCUT2D eigenvalue weighted by molar-refractivity contribution is -0.144. The highest BCUT2D eigenvalue weighted by molar-refractivity contribution is 7.92. The van der Waals surface area contributed by atoms with Crippen LogP contribution in [0, 0.1) is 22.7 Å². The molecule has 2 saturated heterocycles. The lowest BCUT2D eigenvalue weighted by Gasteiger charge is -2.45. The third-order valence-electron chi connectivity index (χ3n) is 13.0. The van der Waals surface area contributed by atoms with E-state index in [1.54, 1.807) is 25.7 Å². The predicted molar refractivity (Wildman–Crippen MR) is 200 cm³/mol. The molecule has 5 amide bonds. The molecule has 13 heteroatoms. The summed E-state index contributed by atoms with van der Waals surface area (Å²) in [5, 5.41) is 11.7. The molecule has 0 aromatic heterocycles. The third-order valence-corrected chi connectivity index (χ3v) is 15.8. The van der Waals surface area contributed by atoms with Gasteiger partial charge in [-0.1, -0.05) is 72.6 Å². The van der Waals surface area contributed by atoms with Gasteiger partial charge in [-0.25, -0.2) is 13.2 Å². The highest BCUT2D eigenvalue weighted by Gasteiger charge is 2.69. The van der Waals surface area contributed by atoms with E-state index in [1.165, 1.54) is 0 Å². The highest BCUT2D eigenvalue weighted by atomic mass is 32.2. The van der Waals surface area contributed by atoms with Crippen molar-refractivity contribution >= 4 is 39.4 Å². The average Bonchev–Trinajstić information content (AvgIpc) is 3.89. The summed E-state index contributed by atoms with van der Waals surface area (Å²) in [5.41, 5.74) is -1.12. The van der Waals surface area contributed by atoms with Gasteiger partial charge in [0.05, 0.1) is 22.1 Å². The van der Waals surface area contributed by atoms with Crippen molar-refractivity contribution in [3.63, 3.8) is 0 Å². The summed E-state index contributed by atoms with van der Waals surface area (Å²) >= 11 is 0. The van der Waals surface area contributed by atoms with Gasteiger partial charge >= 0.3 is 6.03 Å². The monoisotopic (exact) mass is 747 g/mol. The van der Waals surface area contributed by atoms with Crippen LogP contribution in [0.25, 0.3) is 0 Å². The molecule has 5 unspecified atom stereocenters. The minimum absolute atomic E-state index is 0.0127. The minimum atomic E-state index is -3.58. The van der Waals surface area contributed by atoms with Crippen molar-refractivity contribution in [1.82, 2.24) is 26.2 Å². The zero-order valence-electron chi connectivity index (χ0n) is 32.7. The van der Waals surface area contributed by atoms with Gasteiger partial charge in [0.1, 0.15) is 12.1 Å². The number of hydrogen-bond donors (Lipinski definition) is 4. The van der Waals surface area contributed by atoms with Gasteiger partial charge in [-0.15, -0.1) is 0 Å². The van der Waals surface area contributed by atoms with Crippen LogP contribution in [0.4, 0.5) is 4.79 Å². The van der Waals surface area contributed by atoms with Crippen molar-refractivity contribution in [1.29, 1.82) is 0 Å². The Kier molecular flexibility index (Phi) is 11.8. The molecule has 0 radical (unpaired) electrons. The normalized spacial score (nSPS) is 31.0. The first-order valence-electron chi connectivity index (χ1n) is 19.9. The topological polar surface area (TPSA) is 171 Å². The van der Waals surface area contributed by atoms with Crippen LogP contribution in [-0.4, -0.2) is 89.6 Å². The van der Waals surface area contributed by atoms with Crippen molar-refractivity contribution in [3.8, 4) is 0 Å². The van der Waals surface area contributed by atoms with Crippen LogP contribution < -0.4 is 21.3 Å². The SMILES string of the molecule is CC1(C)CCC(CS(=O)(=O)C(C)(C)C)(NC(=O)NC2CCCCCCCCCC(C(=O)C(=O)NC3CC3)NC(=O)C3C4C(CN3C2=O)C4(C)C)CC1. The Balaban J connectivity index is 1.37. The van der Waals surface area contributed by atoms with Crippen molar-refractivity contribution < 1.29 is 32.4 Å². The maximum absolute atomic E-state index is 14.5. The molecule has 2 heterocycles. The molecule has 5 aliphatic rings. The summed E-state index contributed by atoms with van der Waals surface area (Å²) in [7, 11) is -3.58. The summed E-state index contributed by atoms with van der Waals surface area (Å²) in [6.45, 7) is 13.9. The van der Waals surface area contributed by atoms with Crippen LogP contribution in [-0.2, 0) is 29.0 Å². The summed E-state index contributed by atoms with van der Waals surface area (Å²) in [4.78, 5) is 70.4. The number of nitrogens with zero attached hydrogens (tertiary/aromatic N) is 1. The lowest BCUT2D eigenvalue weighted by atomic mass is 9.70. The molecule has 3 saturated carbocycles. The number of rotatable bonds is 7. The largest absolute Gasteiger partial charge is 0.347 e. The van der Waals surface area contributed by atoms with E-state index in [1.807, 2.05) is 0 Å². The van der Waals surface area contributed by atoms with Gasteiger partial charge in [0.15, 0.2) is 9.84 Å². The van der Waals surface area contributed by atoms with Gasteiger partial charge in [-0.3, -0.25) is 19.2 Å². The second-order valence-corrected chi connectivity index (χ2v) is 21.8. The fourth-order valence-electron chi connectivity index (χ4n) is 8.75. The van der Waals surface area contributed by atoms with Gasteiger partial charge in [-0.05, 0) is 94.8 Å². The second kappa shape index (κ2) is 15.2.